The third-order valence-electron chi connectivity index (χ3n) is 1.90. The number of aromatic nitrogens is 2. The highest BCUT2D eigenvalue weighted by atomic mass is 19.1. The highest BCUT2D eigenvalue weighted by Crippen LogP contribution is 2.19. The van der Waals surface area contributed by atoms with Gasteiger partial charge in [0.15, 0.2) is 5.69 Å². The van der Waals surface area contributed by atoms with Gasteiger partial charge in [0.05, 0.1) is 0 Å². The van der Waals surface area contributed by atoms with Crippen LogP contribution in [0, 0.1) is 17.1 Å². The number of nitriles is 1. The average Bonchev–Trinajstić information content (AvgIpc) is 2.29. The maximum atomic E-state index is 13.0. The largest absolute Gasteiger partial charge is 0.252 e. The molecule has 2 aromatic rings. The average molecular weight is 199 g/mol. The number of benzene rings is 1. The molecular formula is C11H6FN3. The zero-order valence-electron chi connectivity index (χ0n) is 7.68. The van der Waals surface area contributed by atoms with E-state index in [9.17, 15) is 4.39 Å². The van der Waals surface area contributed by atoms with E-state index in [4.69, 9.17) is 5.26 Å². The Labute approximate surface area is 85.9 Å². The Balaban J connectivity index is 2.60. The Hall–Kier alpha value is -2.28. The number of halogens is 1. The highest BCUT2D eigenvalue weighted by molar-refractivity contribution is 5.64. The molecule has 72 valence electrons. The van der Waals surface area contributed by atoms with Crippen LogP contribution in [0.15, 0.2) is 36.7 Å². The van der Waals surface area contributed by atoms with Crippen molar-refractivity contribution in [1.29, 1.82) is 5.26 Å². The van der Waals surface area contributed by atoms with Crippen molar-refractivity contribution in [3.8, 4) is 17.3 Å². The van der Waals surface area contributed by atoms with Crippen LogP contribution in [0.5, 0.6) is 0 Å². The van der Waals surface area contributed by atoms with Crippen molar-refractivity contribution < 1.29 is 4.39 Å². The van der Waals surface area contributed by atoms with E-state index in [1.54, 1.807) is 12.1 Å². The molecule has 0 N–H and O–H groups in total. The van der Waals surface area contributed by atoms with Crippen LogP contribution in [0.1, 0.15) is 5.69 Å². The molecule has 1 heterocycles. The normalized spacial score (nSPS) is 9.60. The molecule has 2 rings (SSSR count). The zero-order valence-corrected chi connectivity index (χ0v) is 7.68. The third kappa shape index (κ3) is 1.81. The Morgan fingerprint density at radius 1 is 1.20 bits per heavy atom. The molecule has 0 fully saturated rings. The van der Waals surface area contributed by atoms with Crippen molar-refractivity contribution in [3.63, 3.8) is 0 Å². The van der Waals surface area contributed by atoms with Crippen LogP contribution < -0.4 is 0 Å². The van der Waals surface area contributed by atoms with Crippen molar-refractivity contribution in [3.05, 3.63) is 48.2 Å². The first-order valence-electron chi connectivity index (χ1n) is 4.28. The van der Waals surface area contributed by atoms with Gasteiger partial charge in [-0.15, -0.1) is 0 Å². The maximum absolute atomic E-state index is 13.0. The Kier molecular flexibility index (Phi) is 2.38. The lowest BCUT2D eigenvalue weighted by molar-refractivity contribution is 0.628. The van der Waals surface area contributed by atoms with E-state index in [0.717, 1.165) is 0 Å². The topological polar surface area (TPSA) is 49.6 Å². The summed E-state index contributed by atoms with van der Waals surface area (Å²) in [5, 5.41) is 8.80. The first-order chi connectivity index (χ1) is 7.31. The first-order valence-corrected chi connectivity index (χ1v) is 4.28. The predicted molar refractivity (Wildman–Crippen MR) is 52.1 cm³/mol. The smallest absolute Gasteiger partial charge is 0.166 e. The molecule has 4 heteroatoms. The SMILES string of the molecule is N#Cc1nccnc1-c1cccc(F)c1. The number of hydrogen-bond donors (Lipinski definition) is 0. The van der Waals surface area contributed by atoms with Gasteiger partial charge in [-0.05, 0) is 12.1 Å². The van der Waals surface area contributed by atoms with E-state index >= 15 is 0 Å². The fraction of sp³-hybridized carbons (Fsp3) is 0. The molecule has 0 unspecified atom stereocenters. The van der Waals surface area contributed by atoms with Crippen LogP contribution in [0.4, 0.5) is 4.39 Å². The third-order valence-corrected chi connectivity index (χ3v) is 1.90. The van der Waals surface area contributed by atoms with E-state index in [1.807, 2.05) is 6.07 Å². The molecule has 0 saturated carbocycles. The van der Waals surface area contributed by atoms with Crippen molar-refractivity contribution in [2.75, 3.05) is 0 Å². The van der Waals surface area contributed by atoms with Gasteiger partial charge in [-0.25, -0.2) is 9.37 Å². The summed E-state index contributed by atoms with van der Waals surface area (Å²) in [6, 6.07) is 7.84. The monoisotopic (exact) mass is 199 g/mol. The van der Waals surface area contributed by atoms with E-state index in [0.29, 0.717) is 11.3 Å². The van der Waals surface area contributed by atoms with E-state index < -0.39 is 0 Å². The summed E-state index contributed by atoms with van der Waals surface area (Å²) in [4.78, 5) is 7.87. The number of hydrogen-bond acceptors (Lipinski definition) is 3. The van der Waals surface area contributed by atoms with Crippen LogP contribution in [0.3, 0.4) is 0 Å². The maximum Gasteiger partial charge on any atom is 0.166 e. The standard InChI is InChI=1S/C11H6FN3/c12-9-3-1-2-8(6-9)11-10(7-13)14-4-5-15-11/h1-6H. The molecular weight excluding hydrogens is 193 g/mol. The van der Waals surface area contributed by atoms with Gasteiger partial charge in [0.25, 0.3) is 0 Å². The van der Waals surface area contributed by atoms with E-state index in [-0.39, 0.29) is 11.5 Å². The van der Waals surface area contributed by atoms with Crippen LogP contribution in [0.25, 0.3) is 11.3 Å². The van der Waals surface area contributed by atoms with Gasteiger partial charge in [-0.3, -0.25) is 4.98 Å². The van der Waals surface area contributed by atoms with E-state index in [1.165, 1.54) is 24.5 Å². The molecule has 0 amide bonds. The van der Waals surface area contributed by atoms with Gasteiger partial charge in [0.2, 0.25) is 0 Å². The zero-order chi connectivity index (χ0) is 10.7. The van der Waals surface area contributed by atoms with Gasteiger partial charge >= 0.3 is 0 Å². The second-order valence-corrected chi connectivity index (χ2v) is 2.88. The molecule has 0 bridgehead atoms. The molecule has 0 atom stereocenters. The summed E-state index contributed by atoms with van der Waals surface area (Å²) in [5.74, 6) is -0.359. The van der Waals surface area contributed by atoms with Crippen LogP contribution in [0.2, 0.25) is 0 Å². The van der Waals surface area contributed by atoms with Crippen molar-refractivity contribution >= 4 is 0 Å². The van der Waals surface area contributed by atoms with Crippen molar-refractivity contribution in [2.24, 2.45) is 0 Å². The van der Waals surface area contributed by atoms with Crippen molar-refractivity contribution in [2.45, 2.75) is 0 Å². The molecule has 0 spiro atoms. The molecule has 1 aromatic carbocycles. The summed E-state index contributed by atoms with van der Waals surface area (Å²) in [5.41, 5.74) is 1.15. The summed E-state index contributed by atoms with van der Waals surface area (Å²) in [7, 11) is 0. The number of nitrogens with zero attached hydrogens (tertiary/aromatic N) is 3. The van der Waals surface area contributed by atoms with Gasteiger partial charge in [-0.2, -0.15) is 5.26 Å². The molecule has 0 aliphatic heterocycles. The van der Waals surface area contributed by atoms with Crippen LogP contribution in [-0.4, -0.2) is 9.97 Å². The highest BCUT2D eigenvalue weighted by Gasteiger charge is 2.07. The van der Waals surface area contributed by atoms with Gasteiger partial charge in [0, 0.05) is 18.0 Å². The minimum atomic E-state index is -0.359. The van der Waals surface area contributed by atoms with Crippen LogP contribution in [-0.2, 0) is 0 Å². The molecule has 15 heavy (non-hydrogen) atoms. The molecule has 0 aliphatic rings. The Morgan fingerprint density at radius 2 is 2.00 bits per heavy atom. The first kappa shape index (κ1) is 9.28. The Morgan fingerprint density at radius 3 is 2.73 bits per heavy atom. The van der Waals surface area contributed by atoms with Crippen LogP contribution >= 0.6 is 0 Å². The van der Waals surface area contributed by atoms with Gasteiger partial charge in [0.1, 0.15) is 17.6 Å². The van der Waals surface area contributed by atoms with E-state index in [2.05, 4.69) is 9.97 Å². The fourth-order valence-electron chi connectivity index (χ4n) is 1.27. The summed E-state index contributed by atoms with van der Waals surface area (Å²) < 4.78 is 13.0. The number of rotatable bonds is 1. The second kappa shape index (κ2) is 3.84. The van der Waals surface area contributed by atoms with Crippen molar-refractivity contribution in [1.82, 2.24) is 9.97 Å². The summed E-state index contributed by atoms with van der Waals surface area (Å²) in [6.07, 6.45) is 2.91. The second-order valence-electron chi connectivity index (χ2n) is 2.88. The van der Waals surface area contributed by atoms with Gasteiger partial charge < -0.3 is 0 Å². The lowest BCUT2D eigenvalue weighted by atomic mass is 10.1. The molecule has 3 nitrogen and oxygen atoms in total. The molecule has 0 aliphatic carbocycles. The molecule has 0 saturated heterocycles. The Bertz CT molecular complexity index is 531. The quantitative estimate of drug-likeness (QED) is 0.707. The lowest BCUT2D eigenvalue weighted by Gasteiger charge is -2.01. The minimum absolute atomic E-state index is 0.197. The van der Waals surface area contributed by atoms with Gasteiger partial charge in [-0.1, -0.05) is 12.1 Å². The predicted octanol–water partition coefficient (Wildman–Crippen LogP) is 2.15. The lowest BCUT2D eigenvalue weighted by Crippen LogP contribution is -1.92. The fourth-order valence-corrected chi connectivity index (χ4v) is 1.27. The summed E-state index contributed by atoms with van der Waals surface area (Å²) in [6.45, 7) is 0. The minimum Gasteiger partial charge on any atom is -0.252 e. The molecule has 1 aromatic heterocycles. The molecule has 0 radical (unpaired) electrons. The summed E-state index contributed by atoms with van der Waals surface area (Å²) >= 11 is 0.